The third kappa shape index (κ3) is 5.10. The molecule has 2 aromatic carbocycles. The van der Waals surface area contributed by atoms with Crippen molar-refractivity contribution in [2.45, 2.75) is 46.2 Å². The number of amides is 1. The zero-order chi connectivity index (χ0) is 20.9. The SMILES string of the molecule is CCc1ccc(CC)c(CNC(=O)[C@H](C)N(c2ccccc2F)S(C)(=O)=O)c1. The van der Waals surface area contributed by atoms with Crippen LogP contribution in [0.5, 0.6) is 0 Å². The fourth-order valence-corrected chi connectivity index (χ4v) is 4.33. The topological polar surface area (TPSA) is 66.5 Å². The van der Waals surface area contributed by atoms with E-state index in [-0.39, 0.29) is 12.2 Å². The van der Waals surface area contributed by atoms with E-state index in [2.05, 4.69) is 24.4 Å². The number of anilines is 1. The molecule has 0 heterocycles. The van der Waals surface area contributed by atoms with Crippen LogP contribution < -0.4 is 9.62 Å². The van der Waals surface area contributed by atoms with E-state index in [9.17, 15) is 17.6 Å². The first kappa shape index (κ1) is 21.9. The van der Waals surface area contributed by atoms with Crippen LogP contribution in [0.2, 0.25) is 0 Å². The Morgan fingerprint density at radius 3 is 2.36 bits per heavy atom. The monoisotopic (exact) mass is 406 g/mol. The average molecular weight is 407 g/mol. The molecule has 5 nitrogen and oxygen atoms in total. The molecule has 7 heteroatoms. The van der Waals surface area contributed by atoms with Gasteiger partial charge < -0.3 is 5.32 Å². The fourth-order valence-electron chi connectivity index (χ4n) is 3.15. The van der Waals surface area contributed by atoms with Gasteiger partial charge in [-0.2, -0.15) is 0 Å². The van der Waals surface area contributed by atoms with Crippen molar-refractivity contribution in [1.29, 1.82) is 0 Å². The lowest BCUT2D eigenvalue weighted by Crippen LogP contribution is -2.48. The highest BCUT2D eigenvalue weighted by atomic mass is 32.2. The summed E-state index contributed by atoms with van der Waals surface area (Å²) < 4.78 is 39.5. The lowest BCUT2D eigenvalue weighted by molar-refractivity contribution is -0.122. The molecule has 0 spiro atoms. The van der Waals surface area contributed by atoms with Crippen molar-refractivity contribution in [3.05, 3.63) is 65.0 Å². The third-order valence-corrected chi connectivity index (χ3v) is 5.92. The first-order valence-corrected chi connectivity index (χ1v) is 11.2. The van der Waals surface area contributed by atoms with Gasteiger partial charge in [0.2, 0.25) is 15.9 Å². The van der Waals surface area contributed by atoms with Crippen LogP contribution in [0.25, 0.3) is 0 Å². The van der Waals surface area contributed by atoms with E-state index in [1.165, 1.54) is 36.8 Å². The van der Waals surface area contributed by atoms with E-state index >= 15 is 0 Å². The Kier molecular flexibility index (Phi) is 7.18. The molecule has 0 bridgehead atoms. The summed E-state index contributed by atoms with van der Waals surface area (Å²) in [5.41, 5.74) is 3.15. The molecular weight excluding hydrogens is 379 g/mol. The van der Waals surface area contributed by atoms with Gasteiger partial charge >= 0.3 is 0 Å². The summed E-state index contributed by atoms with van der Waals surface area (Å²) in [6, 6.07) is 10.6. The minimum Gasteiger partial charge on any atom is -0.350 e. The van der Waals surface area contributed by atoms with Gasteiger partial charge in [-0.05, 0) is 48.6 Å². The van der Waals surface area contributed by atoms with E-state index in [0.29, 0.717) is 0 Å². The molecule has 0 unspecified atom stereocenters. The van der Waals surface area contributed by atoms with E-state index in [1.54, 1.807) is 0 Å². The first-order chi connectivity index (χ1) is 13.2. The van der Waals surface area contributed by atoms with E-state index in [4.69, 9.17) is 0 Å². The van der Waals surface area contributed by atoms with Gasteiger partial charge in [0.1, 0.15) is 11.9 Å². The number of carbonyl (C=O) groups is 1. The highest BCUT2D eigenvalue weighted by molar-refractivity contribution is 7.92. The summed E-state index contributed by atoms with van der Waals surface area (Å²) in [5.74, 6) is -1.19. The molecule has 0 saturated heterocycles. The molecule has 0 aliphatic carbocycles. The van der Waals surface area contributed by atoms with Gasteiger partial charge in [-0.25, -0.2) is 12.8 Å². The van der Waals surface area contributed by atoms with Crippen molar-refractivity contribution in [3.63, 3.8) is 0 Å². The number of nitrogens with one attached hydrogen (secondary N) is 1. The standard InChI is InChI=1S/C21H27FN2O3S/c1-5-16-11-12-17(6-2)18(13-16)14-23-21(25)15(3)24(28(4,26)27)20-10-8-7-9-19(20)22/h7-13,15H,5-6,14H2,1-4H3,(H,23,25)/t15-/m0/s1. The molecule has 1 N–H and O–H groups in total. The Hall–Kier alpha value is -2.41. The second kappa shape index (κ2) is 9.19. The van der Waals surface area contributed by atoms with Crippen LogP contribution in [0.3, 0.4) is 0 Å². The molecule has 0 aliphatic rings. The summed E-state index contributed by atoms with van der Waals surface area (Å²) in [6.45, 7) is 5.84. The molecule has 2 aromatic rings. The molecule has 0 saturated carbocycles. The normalized spacial score (nSPS) is 12.5. The maximum Gasteiger partial charge on any atom is 0.243 e. The number of aryl methyl sites for hydroxylation is 2. The minimum atomic E-state index is -3.86. The third-order valence-electron chi connectivity index (χ3n) is 4.69. The Bertz CT molecular complexity index is 944. The van der Waals surface area contributed by atoms with Crippen molar-refractivity contribution in [1.82, 2.24) is 5.32 Å². The highest BCUT2D eigenvalue weighted by Crippen LogP contribution is 2.24. The Morgan fingerprint density at radius 2 is 1.79 bits per heavy atom. The van der Waals surface area contributed by atoms with E-state index in [0.717, 1.165) is 34.5 Å². The highest BCUT2D eigenvalue weighted by Gasteiger charge is 2.30. The molecule has 2 rings (SSSR count). The van der Waals surface area contributed by atoms with Gasteiger partial charge in [0.25, 0.3) is 0 Å². The molecular formula is C21H27FN2O3S. The lowest BCUT2D eigenvalue weighted by atomic mass is 10.0. The van der Waals surface area contributed by atoms with Crippen molar-refractivity contribution in [3.8, 4) is 0 Å². The molecule has 0 aromatic heterocycles. The van der Waals surface area contributed by atoms with Crippen LogP contribution in [0, 0.1) is 5.82 Å². The van der Waals surface area contributed by atoms with Crippen LogP contribution in [0.15, 0.2) is 42.5 Å². The fraction of sp³-hybridized carbons (Fsp3) is 0.381. The number of carbonyl (C=O) groups excluding carboxylic acids is 1. The second-order valence-corrected chi connectivity index (χ2v) is 8.57. The second-order valence-electron chi connectivity index (χ2n) is 6.71. The summed E-state index contributed by atoms with van der Waals surface area (Å²) in [4.78, 5) is 12.7. The molecule has 1 atom stereocenters. The molecule has 0 fully saturated rings. The predicted octanol–water partition coefficient (Wildman–Crippen LogP) is 3.42. The number of halogens is 1. The van der Waals surface area contributed by atoms with Crippen molar-refractivity contribution in [2.75, 3.05) is 10.6 Å². The number of benzene rings is 2. The largest absolute Gasteiger partial charge is 0.350 e. The summed E-state index contributed by atoms with van der Waals surface area (Å²) in [7, 11) is -3.86. The molecule has 0 radical (unpaired) electrons. The number of hydrogen-bond donors (Lipinski definition) is 1. The maximum atomic E-state index is 14.2. The van der Waals surface area contributed by atoms with Gasteiger partial charge in [0, 0.05) is 6.54 Å². The van der Waals surface area contributed by atoms with Crippen LogP contribution in [-0.2, 0) is 34.2 Å². The van der Waals surface area contributed by atoms with E-state index in [1.807, 2.05) is 13.0 Å². The smallest absolute Gasteiger partial charge is 0.243 e. The van der Waals surface area contributed by atoms with Gasteiger partial charge in [0.15, 0.2) is 0 Å². The van der Waals surface area contributed by atoms with Crippen LogP contribution >= 0.6 is 0 Å². The summed E-state index contributed by atoms with van der Waals surface area (Å²) in [5, 5.41) is 2.80. The van der Waals surface area contributed by atoms with Crippen molar-refractivity contribution < 1.29 is 17.6 Å². The van der Waals surface area contributed by atoms with Gasteiger partial charge in [-0.1, -0.05) is 44.2 Å². The van der Waals surface area contributed by atoms with Crippen molar-refractivity contribution >= 4 is 21.6 Å². The van der Waals surface area contributed by atoms with Crippen LogP contribution in [-0.4, -0.2) is 26.6 Å². The van der Waals surface area contributed by atoms with Crippen molar-refractivity contribution in [2.24, 2.45) is 0 Å². The quantitative estimate of drug-likeness (QED) is 0.730. The number of nitrogens with zero attached hydrogens (tertiary/aromatic N) is 1. The Balaban J connectivity index is 2.24. The zero-order valence-corrected chi connectivity index (χ0v) is 17.5. The summed E-state index contributed by atoms with van der Waals surface area (Å²) in [6.07, 6.45) is 2.68. The van der Waals surface area contributed by atoms with Gasteiger partial charge in [-0.3, -0.25) is 9.10 Å². The molecule has 1 amide bonds. The Labute approximate surface area is 166 Å². The maximum absolute atomic E-state index is 14.2. The first-order valence-electron chi connectivity index (χ1n) is 9.31. The number of para-hydroxylation sites is 1. The number of rotatable bonds is 8. The molecule has 28 heavy (non-hydrogen) atoms. The van der Waals surface area contributed by atoms with Gasteiger partial charge in [-0.15, -0.1) is 0 Å². The van der Waals surface area contributed by atoms with Gasteiger partial charge in [0.05, 0.1) is 11.9 Å². The average Bonchev–Trinajstić information content (AvgIpc) is 2.66. The van der Waals surface area contributed by atoms with Crippen LogP contribution in [0.4, 0.5) is 10.1 Å². The number of sulfonamides is 1. The lowest BCUT2D eigenvalue weighted by Gasteiger charge is -2.28. The summed E-state index contributed by atoms with van der Waals surface area (Å²) >= 11 is 0. The zero-order valence-electron chi connectivity index (χ0n) is 16.7. The Morgan fingerprint density at radius 1 is 1.11 bits per heavy atom. The van der Waals surface area contributed by atoms with Crippen LogP contribution in [0.1, 0.15) is 37.5 Å². The number of hydrogen-bond acceptors (Lipinski definition) is 3. The molecule has 0 aliphatic heterocycles. The van der Waals surface area contributed by atoms with E-state index < -0.39 is 27.8 Å². The predicted molar refractivity (Wildman–Crippen MR) is 110 cm³/mol. The molecule has 152 valence electrons. The minimum absolute atomic E-state index is 0.144.